The second-order valence-corrected chi connectivity index (χ2v) is 3.88. The first-order valence-electron chi connectivity index (χ1n) is 5.00. The Balaban J connectivity index is 2.62. The summed E-state index contributed by atoms with van der Waals surface area (Å²) in [6, 6.07) is 7.89. The van der Waals surface area contributed by atoms with Crippen LogP contribution in [0.2, 0.25) is 0 Å². The molecule has 0 amide bonds. The van der Waals surface area contributed by atoms with E-state index in [1.54, 1.807) is 6.92 Å². The van der Waals surface area contributed by atoms with Gasteiger partial charge >= 0.3 is 5.97 Å². The average molecular weight is 227 g/mol. The molecule has 0 fully saturated rings. The molecule has 1 unspecified atom stereocenters. The largest absolute Gasteiger partial charge is 0.465 e. The third-order valence-corrected chi connectivity index (χ3v) is 2.54. The molecule has 82 valence electrons. The predicted molar refractivity (Wildman–Crippen MR) is 61.2 cm³/mol. The molecule has 1 rings (SSSR count). The standard InChI is InChI=1S/C12H15ClO2/c1-3-15-12(14)11(13)8-10-7-5-4-6-9(10)2/h4-7,11H,3,8H2,1-2H3. The summed E-state index contributed by atoms with van der Waals surface area (Å²) < 4.78 is 4.84. The lowest BCUT2D eigenvalue weighted by Gasteiger charge is -2.10. The molecule has 0 aliphatic rings. The second-order valence-electron chi connectivity index (χ2n) is 3.35. The van der Waals surface area contributed by atoms with E-state index in [-0.39, 0.29) is 5.97 Å². The molecule has 0 bridgehead atoms. The molecule has 1 aromatic carbocycles. The highest BCUT2D eigenvalue weighted by atomic mass is 35.5. The molecule has 0 saturated heterocycles. The van der Waals surface area contributed by atoms with Crippen molar-refractivity contribution in [1.29, 1.82) is 0 Å². The number of aryl methyl sites for hydroxylation is 1. The number of carbonyl (C=O) groups excluding carboxylic acids is 1. The normalized spacial score (nSPS) is 12.2. The van der Waals surface area contributed by atoms with Gasteiger partial charge in [-0.3, -0.25) is 4.79 Å². The number of hydrogen-bond acceptors (Lipinski definition) is 2. The molecule has 0 aliphatic carbocycles. The fourth-order valence-electron chi connectivity index (χ4n) is 1.35. The van der Waals surface area contributed by atoms with Gasteiger partial charge in [0.05, 0.1) is 6.61 Å². The lowest BCUT2D eigenvalue weighted by atomic mass is 10.0. The quantitative estimate of drug-likeness (QED) is 0.583. The van der Waals surface area contributed by atoms with Crippen LogP contribution in [-0.2, 0) is 16.0 Å². The molecule has 0 spiro atoms. The monoisotopic (exact) mass is 226 g/mol. The summed E-state index contributed by atoms with van der Waals surface area (Å²) in [5, 5.41) is -0.592. The molecule has 0 aliphatic heterocycles. The van der Waals surface area contributed by atoms with E-state index >= 15 is 0 Å². The number of alkyl halides is 1. The number of ether oxygens (including phenoxy) is 1. The van der Waals surface area contributed by atoms with Crippen LogP contribution >= 0.6 is 11.6 Å². The van der Waals surface area contributed by atoms with Crippen molar-refractivity contribution in [2.45, 2.75) is 25.6 Å². The van der Waals surface area contributed by atoms with E-state index in [9.17, 15) is 4.79 Å². The lowest BCUT2D eigenvalue weighted by Crippen LogP contribution is -2.20. The first-order valence-corrected chi connectivity index (χ1v) is 5.44. The highest BCUT2D eigenvalue weighted by molar-refractivity contribution is 6.30. The van der Waals surface area contributed by atoms with E-state index in [2.05, 4.69) is 0 Å². The van der Waals surface area contributed by atoms with E-state index in [1.165, 1.54) is 0 Å². The Hall–Kier alpha value is -1.02. The van der Waals surface area contributed by atoms with Crippen LogP contribution in [0.15, 0.2) is 24.3 Å². The summed E-state index contributed by atoms with van der Waals surface area (Å²) in [4.78, 5) is 11.3. The Morgan fingerprint density at radius 2 is 2.13 bits per heavy atom. The van der Waals surface area contributed by atoms with Gasteiger partial charge < -0.3 is 4.74 Å². The molecule has 0 saturated carbocycles. The van der Waals surface area contributed by atoms with Crippen LogP contribution in [0.3, 0.4) is 0 Å². The summed E-state index contributed by atoms with van der Waals surface area (Å²) in [6.07, 6.45) is 0.521. The summed E-state index contributed by atoms with van der Waals surface area (Å²) in [7, 11) is 0. The number of carbonyl (C=O) groups is 1. The van der Waals surface area contributed by atoms with Gasteiger partial charge in [0.25, 0.3) is 0 Å². The summed E-state index contributed by atoms with van der Waals surface area (Å²) >= 11 is 5.94. The Bertz CT molecular complexity index is 336. The smallest absolute Gasteiger partial charge is 0.324 e. The van der Waals surface area contributed by atoms with Crippen molar-refractivity contribution in [1.82, 2.24) is 0 Å². The molecular weight excluding hydrogens is 212 g/mol. The van der Waals surface area contributed by atoms with Crippen LogP contribution in [-0.4, -0.2) is 18.0 Å². The maximum absolute atomic E-state index is 11.3. The minimum Gasteiger partial charge on any atom is -0.465 e. The van der Waals surface area contributed by atoms with Crippen molar-refractivity contribution in [2.24, 2.45) is 0 Å². The molecule has 1 atom stereocenters. The van der Waals surface area contributed by atoms with Crippen LogP contribution < -0.4 is 0 Å². The molecule has 0 N–H and O–H groups in total. The van der Waals surface area contributed by atoms with Crippen molar-refractivity contribution in [3.8, 4) is 0 Å². The zero-order chi connectivity index (χ0) is 11.3. The molecule has 3 heteroatoms. The first-order chi connectivity index (χ1) is 7.15. The lowest BCUT2D eigenvalue weighted by molar-refractivity contribution is -0.142. The minimum absolute atomic E-state index is 0.345. The zero-order valence-electron chi connectivity index (χ0n) is 9.00. The molecule has 0 aromatic heterocycles. The van der Waals surface area contributed by atoms with Gasteiger partial charge in [-0.1, -0.05) is 24.3 Å². The third-order valence-electron chi connectivity index (χ3n) is 2.20. The van der Waals surface area contributed by atoms with Crippen LogP contribution in [0, 0.1) is 6.92 Å². The van der Waals surface area contributed by atoms with Crippen LogP contribution in [0.25, 0.3) is 0 Å². The average Bonchev–Trinajstić information content (AvgIpc) is 2.21. The number of esters is 1. The minimum atomic E-state index is -0.592. The van der Waals surface area contributed by atoms with E-state index in [4.69, 9.17) is 16.3 Å². The summed E-state index contributed by atoms with van der Waals surface area (Å²) in [6.45, 7) is 4.15. The van der Waals surface area contributed by atoms with Gasteiger partial charge in [-0.15, -0.1) is 11.6 Å². The fourth-order valence-corrected chi connectivity index (χ4v) is 1.58. The second kappa shape index (κ2) is 5.76. The molecule has 1 aromatic rings. The zero-order valence-corrected chi connectivity index (χ0v) is 9.75. The van der Waals surface area contributed by atoms with Crippen molar-refractivity contribution in [2.75, 3.05) is 6.61 Å². The molecule has 2 nitrogen and oxygen atoms in total. The number of rotatable bonds is 4. The molecule has 0 radical (unpaired) electrons. The Morgan fingerprint density at radius 1 is 1.47 bits per heavy atom. The predicted octanol–water partition coefficient (Wildman–Crippen LogP) is 2.71. The first kappa shape index (κ1) is 12.1. The van der Waals surface area contributed by atoms with Gasteiger partial charge in [-0.25, -0.2) is 0 Å². The SMILES string of the molecule is CCOC(=O)C(Cl)Cc1ccccc1C. The highest BCUT2D eigenvalue weighted by Crippen LogP contribution is 2.13. The molecule has 15 heavy (non-hydrogen) atoms. The van der Waals surface area contributed by atoms with Gasteiger partial charge in [0.15, 0.2) is 0 Å². The number of benzene rings is 1. The topological polar surface area (TPSA) is 26.3 Å². The van der Waals surface area contributed by atoms with Crippen molar-refractivity contribution < 1.29 is 9.53 Å². The maximum atomic E-state index is 11.3. The molecular formula is C12H15ClO2. The van der Waals surface area contributed by atoms with Gasteiger partial charge in [-0.2, -0.15) is 0 Å². The fraction of sp³-hybridized carbons (Fsp3) is 0.417. The van der Waals surface area contributed by atoms with Gasteiger partial charge in [0.2, 0.25) is 0 Å². The summed E-state index contributed by atoms with van der Waals surface area (Å²) in [5.74, 6) is -0.345. The number of halogens is 1. The van der Waals surface area contributed by atoms with E-state index in [0.29, 0.717) is 13.0 Å². The maximum Gasteiger partial charge on any atom is 0.324 e. The Kier molecular flexibility index (Phi) is 4.63. The van der Waals surface area contributed by atoms with Gasteiger partial charge in [-0.05, 0) is 31.4 Å². The van der Waals surface area contributed by atoms with Crippen molar-refractivity contribution in [3.05, 3.63) is 35.4 Å². The van der Waals surface area contributed by atoms with Gasteiger partial charge in [0.1, 0.15) is 5.38 Å². The van der Waals surface area contributed by atoms with Gasteiger partial charge in [0, 0.05) is 0 Å². The van der Waals surface area contributed by atoms with Crippen LogP contribution in [0.4, 0.5) is 0 Å². The molecule has 0 heterocycles. The Morgan fingerprint density at radius 3 is 2.73 bits per heavy atom. The van der Waals surface area contributed by atoms with Crippen LogP contribution in [0.1, 0.15) is 18.1 Å². The van der Waals surface area contributed by atoms with E-state index < -0.39 is 5.38 Å². The van der Waals surface area contributed by atoms with E-state index in [1.807, 2.05) is 31.2 Å². The summed E-state index contributed by atoms with van der Waals surface area (Å²) in [5.41, 5.74) is 2.23. The Labute approximate surface area is 95.2 Å². The van der Waals surface area contributed by atoms with Crippen LogP contribution in [0.5, 0.6) is 0 Å². The van der Waals surface area contributed by atoms with E-state index in [0.717, 1.165) is 11.1 Å². The number of hydrogen-bond donors (Lipinski definition) is 0. The van der Waals surface area contributed by atoms with Crippen molar-refractivity contribution in [3.63, 3.8) is 0 Å². The van der Waals surface area contributed by atoms with Crippen molar-refractivity contribution >= 4 is 17.6 Å². The highest BCUT2D eigenvalue weighted by Gasteiger charge is 2.17. The third kappa shape index (κ3) is 3.56.